The van der Waals surface area contributed by atoms with E-state index in [9.17, 15) is 31.5 Å². The number of aromatic nitrogens is 1. The second-order valence-corrected chi connectivity index (χ2v) is 8.47. The zero-order valence-corrected chi connectivity index (χ0v) is 18.5. The van der Waals surface area contributed by atoms with E-state index in [0.717, 1.165) is 41.5 Å². The van der Waals surface area contributed by atoms with Crippen molar-refractivity contribution < 1.29 is 31.5 Å². The maximum atomic E-state index is 13.8. The average molecular weight is 501 g/mol. The second-order valence-electron chi connectivity index (χ2n) is 7.44. The van der Waals surface area contributed by atoms with Crippen molar-refractivity contribution in [2.45, 2.75) is 18.1 Å². The number of nitrogens with one attached hydrogen (secondary N) is 2. The number of carbonyl (C=O) groups is 2. The van der Waals surface area contributed by atoms with E-state index < -0.39 is 42.6 Å². The van der Waals surface area contributed by atoms with Crippen molar-refractivity contribution in [1.82, 2.24) is 9.88 Å². The molecule has 7 nitrogen and oxygen atoms in total. The lowest BCUT2D eigenvalue weighted by Gasteiger charge is -2.27. The van der Waals surface area contributed by atoms with Gasteiger partial charge in [-0.2, -0.15) is 13.2 Å². The van der Waals surface area contributed by atoms with Crippen LogP contribution in [0, 0.1) is 5.82 Å². The predicted molar refractivity (Wildman–Crippen MR) is 119 cm³/mol. The van der Waals surface area contributed by atoms with Crippen molar-refractivity contribution in [3.8, 4) is 0 Å². The number of thiazole rings is 1. The summed E-state index contributed by atoms with van der Waals surface area (Å²) < 4.78 is 67.3. The van der Waals surface area contributed by atoms with Crippen molar-refractivity contribution in [2.24, 2.45) is 5.73 Å². The molecule has 0 bridgehead atoms. The van der Waals surface area contributed by atoms with Crippen molar-refractivity contribution in [2.75, 3.05) is 30.9 Å². The molecule has 0 saturated heterocycles. The zero-order chi connectivity index (χ0) is 25.0. The zero-order valence-electron chi connectivity index (χ0n) is 17.7. The molecule has 13 heteroatoms. The van der Waals surface area contributed by atoms with Gasteiger partial charge in [0, 0.05) is 19.3 Å². The van der Waals surface area contributed by atoms with Crippen LogP contribution in [0.5, 0.6) is 0 Å². The first-order chi connectivity index (χ1) is 16.0. The Morgan fingerprint density at radius 2 is 1.82 bits per heavy atom. The Hall–Kier alpha value is -3.32. The lowest BCUT2D eigenvalue weighted by molar-refractivity contribution is -0.171. The Morgan fingerprint density at radius 1 is 1.15 bits per heavy atom. The van der Waals surface area contributed by atoms with E-state index >= 15 is 0 Å². The average Bonchev–Trinajstić information content (AvgIpc) is 3.15. The van der Waals surface area contributed by atoms with E-state index in [0.29, 0.717) is 15.9 Å². The van der Waals surface area contributed by atoms with E-state index in [2.05, 4.69) is 15.6 Å². The lowest BCUT2D eigenvalue weighted by atomic mass is 9.96. The van der Waals surface area contributed by atoms with E-state index in [-0.39, 0.29) is 17.2 Å². The summed E-state index contributed by atoms with van der Waals surface area (Å²) in [6, 6.07) is 6.87. The molecule has 3 aromatic rings. The molecule has 0 spiro atoms. The van der Waals surface area contributed by atoms with Crippen LogP contribution in [0.4, 0.5) is 37.6 Å². The summed E-state index contributed by atoms with van der Waals surface area (Å²) in [5.41, 5.74) is 5.73. The molecular weight excluding hydrogens is 481 g/mol. The van der Waals surface area contributed by atoms with Crippen molar-refractivity contribution in [3.05, 3.63) is 53.8 Å². The standard InChI is InChI=1S/C21H20F5N5O2S/c1-31(10-13(27)9-22)18(32)17(21(24,25)26)11-2-7-15-16(8-11)34-20(29-15)30-19(33)28-14-5-3-12(23)4-6-14/h2-8,13,17H,9-10,27H2,1H3,(H2,28,29,30,33)/t13-,17-/m1/s1. The highest BCUT2D eigenvalue weighted by Crippen LogP contribution is 2.38. The van der Waals surface area contributed by atoms with E-state index in [1.54, 1.807) is 0 Å². The number of benzene rings is 2. The highest BCUT2D eigenvalue weighted by molar-refractivity contribution is 7.22. The largest absolute Gasteiger partial charge is 0.404 e. The molecule has 1 aromatic heterocycles. The van der Waals surface area contributed by atoms with Gasteiger partial charge in [-0.25, -0.2) is 18.6 Å². The number of amides is 3. The molecule has 0 aliphatic carbocycles. The summed E-state index contributed by atoms with van der Waals surface area (Å²) in [6.45, 7) is -1.35. The maximum Gasteiger partial charge on any atom is 0.404 e. The van der Waals surface area contributed by atoms with Crippen LogP contribution in [0.2, 0.25) is 0 Å². The summed E-state index contributed by atoms with van der Waals surface area (Å²) in [4.78, 5) is 29.6. The summed E-state index contributed by atoms with van der Waals surface area (Å²) >= 11 is 0.910. The van der Waals surface area contributed by atoms with Gasteiger partial charge in [-0.05, 0) is 42.0 Å². The number of anilines is 2. The third-order valence-corrected chi connectivity index (χ3v) is 5.66. The number of alkyl halides is 4. The van der Waals surface area contributed by atoms with Crippen LogP contribution < -0.4 is 16.4 Å². The maximum absolute atomic E-state index is 13.8. The minimum absolute atomic E-state index is 0.104. The van der Waals surface area contributed by atoms with Crippen LogP contribution in [0.15, 0.2) is 42.5 Å². The normalized spacial score (nSPS) is 13.4. The highest BCUT2D eigenvalue weighted by atomic mass is 32.1. The van der Waals surface area contributed by atoms with Gasteiger partial charge in [0.25, 0.3) is 0 Å². The number of hydrogen-bond acceptors (Lipinski definition) is 5. The molecule has 3 amide bonds. The fourth-order valence-electron chi connectivity index (χ4n) is 3.15. The number of halogens is 5. The number of urea groups is 1. The van der Waals surface area contributed by atoms with Crippen LogP contribution in [-0.4, -0.2) is 54.3 Å². The topological polar surface area (TPSA) is 100 Å². The Balaban J connectivity index is 1.80. The first kappa shape index (κ1) is 25.3. The van der Waals surface area contributed by atoms with Crippen molar-refractivity contribution >= 4 is 44.3 Å². The molecule has 34 heavy (non-hydrogen) atoms. The van der Waals surface area contributed by atoms with Gasteiger partial charge >= 0.3 is 12.2 Å². The Kier molecular flexibility index (Phi) is 7.67. The molecule has 0 fully saturated rings. The molecule has 2 atom stereocenters. The third-order valence-electron chi connectivity index (χ3n) is 4.73. The molecule has 0 unspecified atom stereocenters. The number of carbonyl (C=O) groups excluding carboxylic acids is 2. The van der Waals surface area contributed by atoms with Crippen LogP contribution in [-0.2, 0) is 4.79 Å². The number of fused-ring (bicyclic) bond motifs is 1. The molecule has 2 aromatic carbocycles. The van der Waals surface area contributed by atoms with Gasteiger partial charge in [0.1, 0.15) is 12.5 Å². The summed E-state index contributed by atoms with van der Waals surface area (Å²) in [5.74, 6) is -4.22. The second kappa shape index (κ2) is 10.3. The molecule has 0 saturated carbocycles. The first-order valence-corrected chi connectivity index (χ1v) is 10.7. The summed E-state index contributed by atoms with van der Waals surface area (Å²) in [7, 11) is 1.13. The number of nitrogens with zero attached hydrogens (tertiary/aromatic N) is 2. The molecular formula is C21H20F5N5O2S. The van der Waals surface area contributed by atoms with Crippen LogP contribution in [0.25, 0.3) is 10.2 Å². The minimum Gasteiger partial charge on any atom is -0.343 e. The van der Waals surface area contributed by atoms with Gasteiger partial charge in [-0.3, -0.25) is 10.1 Å². The fraction of sp³-hybridized carbons (Fsp3) is 0.286. The molecule has 1 heterocycles. The molecule has 0 radical (unpaired) electrons. The number of hydrogen-bond donors (Lipinski definition) is 3. The van der Waals surface area contributed by atoms with Crippen LogP contribution >= 0.6 is 11.3 Å². The van der Waals surface area contributed by atoms with E-state index in [1.807, 2.05) is 0 Å². The van der Waals surface area contributed by atoms with E-state index in [1.165, 1.54) is 24.3 Å². The summed E-state index contributed by atoms with van der Waals surface area (Å²) in [6.07, 6.45) is -4.90. The number of rotatable bonds is 7. The SMILES string of the molecule is CN(C[C@H](N)CF)C(=O)[C@@H](c1ccc2nc(NC(=O)Nc3ccc(F)cc3)sc2c1)C(F)(F)F. The Morgan fingerprint density at radius 3 is 2.44 bits per heavy atom. The molecule has 0 aliphatic rings. The van der Waals surface area contributed by atoms with E-state index in [4.69, 9.17) is 5.73 Å². The smallest absolute Gasteiger partial charge is 0.343 e. The molecule has 0 aliphatic heterocycles. The molecule has 182 valence electrons. The lowest BCUT2D eigenvalue weighted by Crippen LogP contribution is -2.44. The molecule has 4 N–H and O–H groups in total. The minimum atomic E-state index is -4.90. The number of nitrogens with two attached hydrogens (primary N) is 1. The van der Waals surface area contributed by atoms with Gasteiger partial charge in [0.05, 0.1) is 16.3 Å². The fourth-order valence-corrected chi connectivity index (χ4v) is 4.06. The quantitative estimate of drug-likeness (QED) is 0.416. The van der Waals surface area contributed by atoms with Crippen molar-refractivity contribution in [1.29, 1.82) is 0 Å². The molecule has 3 rings (SSSR count). The monoisotopic (exact) mass is 501 g/mol. The van der Waals surface area contributed by atoms with Gasteiger partial charge in [-0.1, -0.05) is 17.4 Å². The predicted octanol–water partition coefficient (Wildman–Crippen LogP) is 4.48. The van der Waals surface area contributed by atoms with Crippen LogP contribution in [0.1, 0.15) is 11.5 Å². The third kappa shape index (κ3) is 6.17. The Labute approximate surface area is 194 Å². The summed E-state index contributed by atoms with van der Waals surface area (Å²) in [5, 5.41) is 5.04. The van der Waals surface area contributed by atoms with Crippen molar-refractivity contribution in [3.63, 3.8) is 0 Å². The Bertz CT molecular complexity index is 1170. The van der Waals surface area contributed by atoms with Gasteiger partial charge in [-0.15, -0.1) is 0 Å². The van der Waals surface area contributed by atoms with Gasteiger partial charge in [0.15, 0.2) is 11.0 Å². The first-order valence-electron chi connectivity index (χ1n) is 9.85. The highest BCUT2D eigenvalue weighted by Gasteiger charge is 2.47. The van der Waals surface area contributed by atoms with Gasteiger partial charge in [0.2, 0.25) is 5.91 Å². The van der Waals surface area contributed by atoms with Crippen LogP contribution in [0.3, 0.4) is 0 Å². The number of likely N-dealkylation sites (N-methyl/N-ethyl adjacent to an activating group) is 1. The van der Waals surface area contributed by atoms with Gasteiger partial charge < -0.3 is 16.0 Å².